The molecule has 0 aliphatic rings. The summed E-state index contributed by atoms with van der Waals surface area (Å²) in [6, 6.07) is 5.89. The summed E-state index contributed by atoms with van der Waals surface area (Å²) >= 11 is 1.45. The predicted molar refractivity (Wildman–Crippen MR) is 76.0 cm³/mol. The van der Waals surface area contributed by atoms with Gasteiger partial charge in [0.25, 0.3) is 0 Å². The highest BCUT2D eigenvalue weighted by atomic mass is 32.1. The molecule has 2 rings (SSSR count). The Bertz CT molecular complexity index is 579. The van der Waals surface area contributed by atoms with Gasteiger partial charge in [-0.25, -0.2) is 0 Å². The van der Waals surface area contributed by atoms with E-state index in [1.807, 2.05) is 18.7 Å². The molecule has 5 heteroatoms. The van der Waals surface area contributed by atoms with Gasteiger partial charge in [0, 0.05) is 11.9 Å². The first-order valence-corrected chi connectivity index (χ1v) is 6.74. The topological polar surface area (TPSA) is 59.2 Å². The van der Waals surface area contributed by atoms with Gasteiger partial charge < -0.3 is 10.6 Å². The first kappa shape index (κ1) is 12.8. The molecule has 0 spiro atoms. The fourth-order valence-electron chi connectivity index (χ4n) is 2.01. The molecular weight excluding hydrogens is 246 g/mol. The molecule has 0 fully saturated rings. The van der Waals surface area contributed by atoms with Gasteiger partial charge in [-0.1, -0.05) is 11.6 Å². The maximum atomic E-state index is 11.4. The Morgan fingerprint density at radius 1 is 1.56 bits per heavy atom. The Morgan fingerprint density at radius 2 is 2.28 bits per heavy atom. The van der Waals surface area contributed by atoms with Crippen LogP contribution in [0.3, 0.4) is 0 Å². The molecule has 1 aromatic heterocycles. The van der Waals surface area contributed by atoms with Crippen LogP contribution in [0.15, 0.2) is 18.2 Å². The number of likely N-dealkylation sites (N-methyl/N-ethyl adjacent to an activating group) is 1. The molecule has 4 nitrogen and oxygen atoms in total. The highest BCUT2D eigenvalue weighted by molar-refractivity contribution is 7.13. The number of aryl methyl sites for hydroxylation is 1. The number of hydrogen-bond acceptors (Lipinski definition) is 4. The number of hydrogen-bond donors (Lipinski definition) is 1. The lowest BCUT2D eigenvalue weighted by Gasteiger charge is -2.25. The fraction of sp³-hybridized carbons (Fsp3) is 0.385. The molecule has 0 saturated carbocycles. The second-order valence-electron chi connectivity index (χ2n) is 4.37. The quantitative estimate of drug-likeness (QED) is 0.920. The van der Waals surface area contributed by atoms with Crippen molar-refractivity contribution in [3.05, 3.63) is 23.8 Å². The van der Waals surface area contributed by atoms with Crippen molar-refractivity contribution in [3.8, 4) is 0 Å². The smallest absolute Gasteiger partial charge is 0.239 e. The third-order valence-corrected chi connectivity index (χ3v) is 3.92. The van der Waals surface area contributed by atoms with Gasteiger partial charge in [0.1, 0.15) is 6.04 Å². The molecule has 2 N–H and O–H groups in total. The number of primary amides is 1. The van der Waals surface area contributed by atoms with E-state index in [0.29, 0.717) is 6.54 Å². The molecule has 0 radical (unpaired) electrons. The van der Waals surface area contributed by atoms with E-state index in [9.17, 15) is 4.79 Å². The number of amides is 1. The first-order chi connectivity index (χ1) is 8.54. The summed E-state index contributed by atoms with van der Waals surface area (Å²) in [7, 11) is 0. The van der Waals surface area contributed by atoms with Crippen molar-refractivity contribution in [2.45, 2.75) is 26.8 Å². The Balaban J connectivity index is 2.51. The minimum absolute atomic E-state index is 0.328. The standard InChI is InChI=1S/C13H17N3OS/c1-4-16(9(3)12(14)17)13-10-7-8(2)5-6-11(10)18-15-13/h5-7,9H,4H2,1-3H3,(H2,14,17). The van der Waals surface area contributed by atoms with Gasteiger partial charge in [-0.2, -0.15) is 4.37 Å². The van der Waals surface area contributed by atoms with Crippen LogP contribution in [0.1, 0.15) is 19.4 Å². The Morgan fingerprint density at radius 3 is 2.89 bits per heavy atom. The van der Waals surface area contributed by atoms with Crippen molar-refractivity contribution >= 4 is 33.3 Å². The van der Waals surface area contributed by atoms with E-state index in [0.717, 1.165) is 15.9 Å². The number of anilines is 1. The highest BCUT2D eigenvalue weighted by Gasteiger charge is 2.21. The van der Waals surface area contributed by atoms with E-state index in [2.05, 4.69) is 29.5 Å². The van der Waals surface area contributed by atoms with Crippen molar-refractivity contribution < 1.29 is 4.79 Å². The normalized spacial score (nSPS) is 12.6. The SMILES string of the molecule is CCN(c1nsc2ccc(C)cc12)C(C)C(N)=O. The minimum Gasteiger partial charge on any atom is -0.368 e. The largest absolute Gasteiger partial charge is 0.368 e. The Kier molecular flexibility index (Phi) is 3.52. The van der Waals surface area contributed by atoms with Gasteiger partial charge in [-0.15, -0.1) is 0 Å². The third-order valence-electron chi connectivity index (χ3n) is 3.10. The average molecular weight is 263 g/mol. The van der Waals surface area contributed by atoms with Crippen molar-refractivity contribution in [2.75, 3.05) is 11.4 Å². The molecule has 0 bridgehead atoms. The molecule has 0 aliphatic carbocycles. The molecule has 1 heterocycles. The van der Waals surface area contributed by atoms with Gasteiger partial charge in [0.2, 0.25) is 5.91 Å². The van der Waals surface area contributed by atoms with Gasteiger partial charge >= 0.3 is 0 Å². The van der Waals surface area contributed by atoms with Crippen LogP contribution >= 0.6 is 11.5 Å². The van der Waals surface area contributed by atoms with E-state index < -0.39 is 0 Å². The molecule has 2 aromatic rings. The van der Waals surface area contributed by atoms with Crippen molar-refractivity contribution in [2.24, 2.45) is 5.73 Å². The van der Waals surface area contributed by atoms with Crippen LogP contribution in [-0.2, 0) is 4.79 Å². The van der Waals surface area contributed by atoms with Crippen LogP contribution in [0, 0.1) is 6.92 Å². The van der Waals surface area contributed by atoms with Crippen LogP contribution in [0.25, 0.3) is 10.1 Å². The van der Waals surface area contributed by atoms with Crippen molar-refractivity contribution in [3.63, 3.8) is 0 Å². The summed E-state index contributed by atoms with van der Waals surface area (Å²) < 4.78 is 5.60. The fourth-order valence-corrected chi connectivity index (χ4v) is 2.77. The lowest BCUT2D eigenvalue weighted by Crippen LogP contribution is -2.43. The average Bonchev–Trinajstić information content (AvgIpc) is 2.73. The van der Waals surface area contributed by atoms with E-state index >= 15 is 0 Å². The van der Waals surface area contributed by atoms with Crippen LogP contribution < -0.4 is 10.6 Å². The van der Waals surface area contributed by atoms with Crippen LogP contribution in [0.2, 0.25) is 0 Å². The first-order valence-electron chi connectivity index (χ1n) is 5.96. The number of benzene rings is 1. The number of carbonyl (C=O) groups excluding carboxylic acids is 1. The number of nitrogens with zero attached hydrogens (tertiary/aromatic N) is 2. The molecule has 1 atom stereocenters. The molecule has 18 heavy (non-hydrogen) atoms. The zero-order valence-electron chi connectivity index (χ0n) is 10.8. The van der Waals surface area contributed by atoms with Crippen molar-refractivity contribution in [1.29, 1.82) is 0 Å². The number of aromatic nitrogens is 1. The maximum absolute atomic E-state index is 11.4. The third kappa shape index (κ3) is 2.18. The summed E-state index contributed by atoms with van der Waals surface area (Å²) in [5.41, 5.74) is 6.57. The van der Waals surface area contributed by atoms with Crippen molar-refractivity contribution in [1.82, 2.24) is 4.37 Å². The van der Waals surface area contributed by atoms with Gasteiger partial charge in [-0.3, -0.25) is 4.79 Å². The van der Waals surface area contributed by atoms with Gasteiger partial charge in [-0.05, 0) is 44.4 Å². The summed E-state index contributed by atoms with van der Waals surface area (Å²) in [6.07, 6.45) is 0. The molecule has 1 amide bonds. The molecule has 0 aliphatic heterocycles. The van der Waals surface area contributed by atoms with Gasteiger partial charge in [0.05, 0.1) is 4.70 Å². The summed E-state index contributed by atoms with van der Waals surface area (Å²) in [5.74, 6) is 0.526. The second-order valence-corrected chi connectivity index (χ2v) is 5.18. The molecule has 1 unspecified atom stereocenters. The van der Waals surface area contributed by atoms with Crippen LogP contribution in [0.4, 0.5) is 5.82 Å². The lowest BCUT2D eigenvalue weighted by atomic mass is 10.1. The molecular formula is C13H17N3OS. The van der Waals surface area contributed by atoms with E-state index in [4.69, 9.17) is 5.73 Å². The van der Waals surface area contributed by atoms with Crippen LogP contribution in [0.5, 0.6) is 0 Å². The Labute approximate surface area is 111 Å². The predicted octanol–water partition coefficient (Wildman–Crippen LogP) is 2.30. The number of nitrogens with two attached hydrogens (primary N) is 1. The van der Waals surface area contributed by atoms with Gasteiger partial charge in [0.15, 0.2) is 5.82 Å². The number of carbonyl (C=O) groups is 1. The Hall–Kier alpha value is -1.62. The molecule has 0 saturated heterocycles. The second kappa shape index (κ2) is 4.94. The zero-order valence-corrected chi connectivity index (χ0v) is 11.6. The lowest BCUT2D eigenvalue weighted by molar-refractivity contribution is -0.118. The zero-order chi connectivity index (χ0) is 13.3. The molecule has 1 aromatic carbocycles. The van der Waals surface area contributed by atoms with E-state index in [1.54, 1.807) is 0 Å². The number of rotatable bonds is 4. The van der Waals surface area contributed by atoms with Crippen LogP contribution in [-0.4, -0.2) is 22.9 Å². The summed E-state index contributed by atoms with van der Waals surface area (Å²) in [6.45, 7) is 6.57. The number of fused-ring (bicyclic) bond motifs is 1. The van der Waals surface area contributed by atoms with E-state index in [-0.39, 0.29) is 11.9 Å². The summed E-state index contributed by atoms with van der Waals surface area (Å²) in [4.78, 5) is 13.3. The summed E-state index contributed by atoms with van der Waals surface area (Å²) in [5, 5.41) is 1.09. The monoisotopic (exact) mass is 263 g/mol. The maximum Gasteiger partial charge on any atom is 0.239 e. The highest BCUT2D eigenvalue weighted by Crippen LogP contribution is 2.31. The minimum atomic E-state index is -0.346. The molecule has 96 valence electrons. The van der Waals surface area contributed by atoms with E-state index in [1.165, 1.54) is 17.1 Å².